The van der Waals surface area contributed by atoms with Crippen LogP contribution in [-0.4, -0.2) is 0 Å². The average Bonchev–Trinajstić information content (AvgIpc) is 2.65. The highest BCUT2D eigenvalue weighted by molar-refractivity contribution is 4.83. The second-order valence-electron chi connectivity index (χ2n) is 7.40. The SMILES string of the molecule is CCCCCCCC/C=C\CCCCCCCCC[n+]1ccccc1.[Cl-]. The molecule has 0 spiro atoms. The van der Waals surface area contributed by atoms with Gasteiger partial charge in [0.2, 0.25) is 0 Å². The van der Waals surface area contributed by atoms with Crippen molar-refractivity contribution in [1.29, 1.82) is 0 Å². The summed E-state index contributed by atoms with van der Waals surface area (Å²) in [5.41, 5.74) is 0. The molecular formula is C24H42ClN. The van der Waals surface area contributed by atoms with E-state index in [1.54, 1.807) is 0 Å². The summed E-state index contributed by atoms with van der Waals surface area (Å²) in [6.45, 7) is 3.46. The zero-order valence-corrected chi connectivity index (χ0v) is 17.9. The normalized spacial score (nSPS) is 11.0. The third kappa shape index (κ3) is 16.6. The maximum atomic E-state index is 2.42. The Morgan fingerprint density at radius 1 is 0.577 bits per heavy atom. The molecule has 0 aliphatic heterocycles. The van der Waals surface area contributed by atoms with Crippen molar-refractivity contribution in [2.75, 3.05) is 0 Å². The van der Waals surface area contributed by atoms with Crippen molar-refractivity contribution in [3.05, 3.63) is 42.7 Å². The molecule has 0 atom stereocenters. The number of unbranched alkanes of at least 4 members (excludes halogenated alkanes) is 13. The van der Waals surface area contributed by atoms with Crippen LogP contribution in [0.4, 0.5) is 0 Å². The Balaban J connectivity index is 0.00000625. The van der Waals surface area contributed by atoms with E-state index in [-0.39, 0.29) is 12.4 Å². The van der Waals surface area contributed by atoms with E-state index in [4.69, 9.17) is 0 Å². The Morgan fingerprint density at radius 3 is 1.58 bits per heavy atom. The van der Waals surface area contributed by atoms with Gasteiger partial charge in [0.25, 0.3) is 0 Å². The minimum atomic E-state index is 0. The third-order valence-corrected chi connectivity index (χ3v) is 4.96. The number of hydrogen-bond acceptors (Lipinski definition) is 0. The number of aryl methyl sites for hydroxylation is 1. The highest BCUT2D eigenvalue weighted by Crippen LogP contribution is 2.10. The molecule has 0 bridgehead atoms. The second-order valence-corrected chi connectivity index (χ2v) is 7.40. The molecule has 0 amide bonds. The molecule has 0 aromatic carbocycles. The highest BCUT2D eigenvalue weighted by atomic mass is 35.5. The van der Waals surface area contributed by atoms with Gasteiger partial charge >= 0.3 is 0 Å². The molecule has 2 heteroatoms. The number of halogens is 1. The molecule has 0 saturated heterocycles. The number of allylic oxidation sites excluding steroid dienone is 2. The van der Waals surface area contributed by atoms with Crippen LogP contribution < -0.4 is 17.0 Å². The topological polar surface area (TPSA) is 3.88 Å². The van der Waals surface area contributed by atoms with Gasteiger partial charge in [0.15, 0.2) is 12.4 Å². The molecule has 150 valence electrons. The summed E-state index contributed by atoms with van der Waals surface area (Å²) in [6.07, 6.45) is 29.9. The van der Waals surface area contributed by atoms with Gasteiger partial charge in [0, 0.05) is 18.6 Å². The minimum Gasteiger partial charge on any atom is -1.00 e. The maximum absolute atomic E-state index is 2.42. The molecule has 1 aromatic rings. The van der Waals surface area contributed by atoms with Crippen molar-refractivity contribution in [2.45, 2.75) is 110 Å². The third-order valence-electron chi connectivity index (χ3n) is 4.96. The zero-order valence-electron chi connectivity index (χ0n) is 17.2. The van der Waals surface area contributed by atoms with Crippen LogP contribution in [0.2, 0.25) is 0 Å². The first-order valence-corrected chi connectivity index (χ1v) is 11.0. The summed E-state index contributed by atoms with van der Waals surface area (Å²) in [6, 6.07) is 6.31. The Kier molecular flexibility index (Phi) is 19.8. The van der Waals surface area contributed by atoms with Gasteiger partial charge in [-0.2, -0.15) is 0 Å². The largest absolute Gasteiger partial charge is 1.00 e. The van der Waals surface area contributed by atoms with Crippen LogP contribution in [0.3, 0.4) is 0 Å². The lowest BCUT2D eigenvalue weighted by molar-refractivity contribution is -0.697. The number of pyridine rings is 1. The first kappa shape index (κ1) is 25.2. The van der Waals surface area contributed by atoms with E-state index in [0.717, 1.165) is 0 Å². The van der Waals surface area contributed by atoms with Crippen molar-refractivity contribution in [2.24, 2.45) is 0 Å². The van der Waals surface area contributed by atoms with Crippen LogP contribution in [0.1, 0.15) is 103 Å². The van der Waals surface area contributed by atoms with Crippen LogP contribution in [0.15, 0.2) is 42.7 Å². The lowest BCUT2D eigenvalue weighted by Crippen LogP contribution is -3.00. The van der Waals surface area contributed by atoms with E-state index in [1.807, 2.05) is 0 Å². The molecule has 0 aliphatic rings. The van der Waals surface area contributed by atoms with Crippen LogP contribution in [0.25, 0.3) is 0 Å². The average molecular weight is 380 g/mol. The van der Waals surface area contributed by atoms with Crippen molar-refractivity contribution >= 4 is 0 Å². The van der Waals surface area contributed by atoms with Gasteiger partial charge in [-0.15, -0.1) is 0 Å². The second kappa shape index (κ2) is 20.5. The molecular weight excluding hydrogens is 338 g/mol. The molecule has 1 nitrogen and oxygen atoms in total. The quantitative estimate of drug-likeness (QED) is 0.214. The monoisotopic (exact) mass is 379 g/mol. The molecule has 0 fully saturated rings. The molecule has 1 heterocycles. The van der Waals surface area contributed by atoms with Crippen molar-refractivity contribution in [1.82, 2.24) is 0 Å². The predicted octanol–water partition coefficient (Wildman–Crippen LogP) is 4.41. The van der Waals surface area contributed by atoms with E-state index < -0.39 is 0 Å². The Labute approximate surface area is 169 Å². The van der Waals surface area contributed by atoms with Gasteiger partial charge in [0.1, 0.15) is 6.54 Å². The molecule has 0 radical (unpaired) electrons. The van der Waals surface area contributed by atoms with Gasteiger partial charge in [-0.05, 0) is 32.1 Å². The molecule has 1 aromatic heterocycles. The van der Waals surface area contributed by atoms with Gasteiger partial charge in [-0.3, -0.25) is 0 Å². The van der Waals surface area contributed by atoms with E-state index in [1.165, 1.54) is 103 Å². The van der Waals surface area contributed by atoms with Crippen LogP contribution in [-0.2, 0) is 6.54 Å². The smallest absolute Gasteiger partial charge is 0.168 e. The van der Waals surface area contributed by atoms with Gasteiger partial charge in [0.05, 0.1) is 0 Å². The Bertz CT molecular complexity index is 402. The fraction of sp³-hybridized carbons (Fsp3) is 0.708. The fourth-order valence-corrected chi connectivity index (χ4v) is 3.30. The zero-order chi connectivity index (χ0) is 17.8. The van der Waals surface area contributed by atoms with E-state index >= 15 is 0 Å². The lowest BCUT2D eigenvalue weighted by Gasteiger charge is -2.00. The van der Waals surface area contributed by atoms with Crippen molar-refractivity contribution < 1.29 is 17.0 Å². The standard InChI is InChI=1S/C24H42N.ClH/c1-2-3-4-5-6-7-8-9-10-11-12-13-14-15-16-17-19-22-25-23-20-18-21-24-25;/h9-10,18,20-21,23-24H,2-8,11-17,19,22H2,1H3;1H/q+1;/p-1/b10-9-;. The molecule has 26 heavy (non-hydrogen) atoms. The summed E-state index contributed by atoms with van der Waals surface area (Å²) >= 11 is 0. The fourth-order valence-electron chi connectivity index (χ4n) is 3.30. The summed E-state index contributed by atoms with van der Waals surface area (Å²) in [7, 11) is 0. The number of rotatable bonds is 17. The van der Waals surface area contributed by atoms with Gasteiger partial charge < -0.3 is 12.4 Å². The lowest BCUT2D eigenvalue weighted by atomic mass is 10.1. The number of nitrogens with zero attached hydrogens (tertiary/aromatic N) is 1. The van der Waals surface area contributed by atoms with Crippen molar-refractivity contribution in [3.63, 3.8) is 0 Å². The number of hydrogen-bond donors (Lipinski definition) is 0. The first-order valence-electron chi connectivity index (χ1n) is 11.0. The highest BCUT2D eigenvalue weighted by Gasteiger charge is 1.97. The Morgan fingerprint density at radius 2 is 1.04 bits per heavy atom. The van der Waals surface area contributed by atoms with Gasteiger partial charge in [-0.25, -0.2) is 4.57 Å². The summed E-state index contributed by atoms with van der Waals surface area (Å²) < 4.78 is 2.29. The minimum absolute atomic E-state index is 0. The van der Waals surface area contributed by atoms with E-state index in [0.29, 0.717) is 0 Å². The van der Waals surface area contributed by atoms with Crippen LogP contribution in [0.5, 0.6) is 0 Å². The summed E-state index contributed by atoms with van der Waals surface area (Å²) in [5.74, 6) is 0. The van der Waals surface area contributed by atoms with Crippen LogP contribution >= 0.6 is 0 Å². The van der Waals surface area contributed by atoms with Crippen LogP contribution in [0, 0.1) is 0 Å². The Hall–Kier alpha value is -0.820. The van der Waals surface area contributed by atoms with E-state index in [2.05, 4.69) is 54.2 Å². The molecule has 0 aliphatic carbocycles. The molecule has 0 saturated carbocycles. The summed E-state index contributed by atoms with van der Waals surface area (Å²) in [4.78, 5) is 0. The van der Waals surface area contributed by atoms with E-state index in [9.17, 15) is 0 Å². The predicted molar refractivity (Wildman–Crippen MR) is 111 cm³/mol. The molecule has 0 unspecified atom stereocenters. The van der Waals surface area contributed by atoms with Crippen molar-refractivity contribution in [3.8, 4) is 0 Å². The summed E-state index contributed by atoms with van der Waals surface area (Å²) in [5, 5.41) is 0. The molecule has 0 N–H and O–H groups in total. The molecule has 1 rings (SSSR count). The number of aromatic nitrogens is 1. The van der Waals surface area contributed by atoms with Gasteiger partial charge in [-0.1, -0.05) is 82.9 Å². The maximum Gasteiger partial charge on any atom is 0.168 e. The first-order chi connectivity index (χ1) is 12.4.